The van der Waals surface area contributed by atoms with Gasteiger partial charge in [-0.3, -0.25) is 9.59 Å². The first-order valence-electron chi connectivity index (χ1n) is 40.8. The van der Waals surface area contributed by atoms with Crippen LogP contribution in [0.25, 0.3) is 0 Å². The molecule has 0 aliphatic heterocycles. The minimum absolute atomic E-state index is 0.0175. The summed E-state index contributed by atoms with van der Waals surface area (Å²) in [6.07, 6.45) is 103. The lowest BCUT2D eigenvalue weighted by Gasteiger charge is -2.20. The standard InChI is InChI=1S/C83H159NO5/c1-3-5-7-9-11-13-15-17-19-21-22-40-44-47-51-55-59-63-67-71-75-81(86)80(79-85)84-82(87)76-72-68-64-60-56-52-48-45-41-38-36-34-32-30-28-26-24-23-25-27-29-31-33-35-37-39-42-46-50-54-58-62-66-70-74-78-89-83(88)77-73-69-65-61-57-53-49-43-20-18-16-14-12-10-8-6-4-2/h18,20,25,27,71,75,80-81,85-86H,3-17,19,21-24,26,28-70,72-74,76-79H2,1-2H3,(H,84,87)/b20-18-,27-25-,75-71+. The fourth-order valence-corrected chi connectivity index (χ4v) is 12.9. The molecule has 6 heteroatoms. The molecule has 0 bridgehead atoms. The van der Waals surface area contributed by atoms with E-state index in [9.17, 15) is 19.8 Å². The molecule has 0 radical (unpaired) electrons. The summed E-state index contributed by atoms with van der Waals surface area (Å²) in [7, 11) is 0. The number of allylic oxidation sites excluding steroid dienone is 5. The van der Waals surface area contributed by atoms with E-state index >= 15 is 0 Å². The predicted molar refractivity (Wildman–Crippen MR) is 393 cm³/mol. The van der Waals surface area contributed by atoms with Gasteiger partial charge in [0.15, 0.2) is 0 Å². The molecule has 3 N–H and O–H groups in total. The first kappa shape index (κ1) is 87.1. The maximum absolute atomic E-state index is 12.5. The van der Waals surface area contributed by atoms with Crippen LogP contribution in [0.1, 0.15) is 457 Å². The van der Waals surface area contributed by atoms with Crippen molar-refractivity contribution in [2.75, 3.05) is 13.2 Å². The van der Waals surface area contributed by atoms with E-state index in [-0.39, 0.29) is 18.5 Å². The molecule has 0 aromatic carbocycles. The van der Waals surface area contributed by atoms with Crippen LogP contribution in [0.2, 0.25) is 0 Å². The molecule has 89 heavy (non-hydrogen) atoms. The summed E-state index contributed by atoms with van der Waals surface area (Å²) in [6, 6.07) is -0.626. The van der Waals surface area contributed by atoms with Crippen molar-refractivity contribution in [2.45, 2.75) is 469 Å². The van der Waals surface area contributed by atoms with Gasteiger partial charge in [-0.1, -0.05) is 397 Å². The highest BCUT2D eigenvalue weighted by molar-refractivity contribution is 5.76. The average Bonchev–Trinajstić information content (AvgIpc) is 3.57. The number of nitrogens with one attached hydrogen (secondary N) is 1. The Bertz CT molecular complexity index is 1440. The number of aliphatic hydroxyl groups is 2. The molecule has 2 unspecified atom stereocenters. The number of carbonyl (C=O) groups excluding carboxylic acids is 2. The number of rotatable bonds is 77. The number of ether oxygens (including phenoxy) is 1. The fourth-order valence-electron chi connectivity index (χ4n) is 12.9. The molecule has 0 aromatic rings. The largest absolute Gasteiger partial charge is 0.466 e. The van der Waals surface area contributed by atoms with Crippen molar-refractivity contribution < 1.29 is 24.5 Å². The van der Waals surface area contributed by atoms with Gasteiger partial charge in [-0.25, -0.2) is 0 Å². The Kier molecular flexibility index (Phi) is 76.8. The summed E-state index contributed by atoms with van der Waals surface area (Å²) >= 11 is 0. The lowest BCUT2D eigenvalue weighted by atomic mass is 10.0. The molecule has 0 saturated heterocycles. The van der Waals surface area contributed by atoms with Crippen molar-refractivity contribution in [1.29, 1.82) is 0 Å². The van der Waals surface area contributed by atoms with Crippen LogP contribution in [-0.2, 0) is 14.3 Å². The zero-order valence-corrected chi connectivity index (χ0v) is 60.4. The first-order chi connectivity index (χ1) is 44.0. The summed E-state index contributed by atoms with van der Waals surface area (Å²) in [5.41, 5.74) is 0. The lowest BCUT2D eigenvalue weighted by molar-refractivity contribution is -0.143. The van der Waals surface area contributed by atoms with E-state index in [1.54, 1.807) is 6.08 Å². The molecule has 0 aliphatic rings. The second kappa shape index (κ2) is 78.5. The normalized spacial score (nSPS) is 12.6. The van der Waals surface area contributed by atoms with E-state index in [0.29, 0.717) is 19.4 Å². The molecule has 0 aromatic heterocycles. The van der Waals surface area contributed by atoms with Gasteiger partial charge in [0.25, 0.3) is 0 Å². The van der Waals surface area contributed by atoms with Crippen molar-refractivity contribution in [3.63, 3.8) is 0 Å². The van der Waals surface area contributed by atoms with Crippen LogP contribution in [0.4, 0.5) is 0 Å². The summed E-state index contributed by atoms with van der Waals surface area (Å²) in [6.45, 7) is 4.95. The zero-order valence-electron chi connectivity index (χ0n) is 60.4. The fraction of sp³-hybridized carbons (Fsp3) is 0.904. The Morgan fingerprint density at radius 1 is 0.303 bits per heavy atom. The number of esters is 1. The highest BCUT2D eigenvalue weighted by atomic mass is 16.5. The number of amides is 1. The van der Waals surface area contributed by atoms with E-state index in [2.05, 4.69) is 43.5 Å². The number of aliphatic hydroxyl groups excluding tert-OH is 2. The van der Waals surface area contributed by atoms with Crippen molar-refractivity contribution in [2.24, 2.45) is 0 Å². The van der Waals surface area contributed by atoms with Gasteiger partial charge in [-0.15, -0.1) is 0 Å². The third kappa shape index (κ3) is 75.0. The molecule has 0 fully saturated rings. The molecular formula is C83H159NO5. The molecular weight excluding hydrogens is 1090 g/mol. The maximum atomic E-state index is 12.5. The van der Waals surface area contributed by atoms with Crippen LogP contribution < -0.4 is 5.32 Å². The second-order valence-electron chi connectivity index (χ2n) is 28.1. The third-order valence-electron chi connectivity index (χ3n) is 19.1. The van der Waals surface area contributed by atoms with Crippen molar-refractivity contribution in [3.8, 4) is 0 Å². The van der Waals surface area contributed by atoms with E-state index in [0.717, 1.165) is 44.9 Å². The summed E-state index contributed by atoms with van der Waals surface area (Å²) in [5.74, 6) is -0.0426. The van der Waals surface area contributed by atoms with E-state index < -0.39 is 12.1 Å². The molecule has 2 atom stereocenters. The number of unbranched alkanes of at least 4 members (excludes halogenated alkanes) is 62. The van der Waals surface area contributed by atoms with Gasteiger partial charge in [-0.05, 0) is 83.5 Å². The van der Waals surface area contributed by atoms with Crippen molar-refractivity contribution >= 4 is 11.9 Å². The van der Waals surface area contributed by atoms with Crippen LogP contribution in [0.3, 0.4) is 0 Å². The molecule has 0 rings (SSSR count). The monoisotopic (exact) mass is 1250 g/mol. The predicted octanol–water partition coefficient (Wildman–Crippen LogP) is 27.0. The molecule has 0 heterocycles. The van der Waals surface area contributed by atoms with Crippen molar-refractivity contribution in [1.82, 2.24) is 5.32 Å². The molecule has 6 nitrogen and oxygen atoms in total. The molecule has 0 aliphatic carbocycles. The average molecular weight is 1250 g/mol. The van der Waals surface area contributed by atoms with Crippen LogP contribution in [0.15, 0.2) is 36.5 Å². The van der Waals surface area contributed by atoms with Gasteiger partial charge in [0.2, 0.25) is 5.91 Å². The Labute approximate surface area is 557 Å². The minimum Gasteiger partial charge on any atom is -0.466 e. The Morgan fingerprint density at radius 3 is 0.798 bits per heavy atom. The zero-order chi connectivity index (χ0) is 64.2. The Morgan fingerprint density at radius 2 is 0.528 bits per heavy atom. The molecule has 526 valence electrons. The van der Waals surface area contributed by atoms with Gasteiger partial charge in [0, 0.05) is 12.8 Å². The summed E-state index contributed by atoms with van der Waals surface area (Å²) in [4.78, 5) is 24.6. The van der Waals surface area contributed by atoms with E-state index in [4.69, 9.17) is 4.74 Å². The van der Waals surface area contributed by atoms with Gasteiger partial charge in [0.1, 0.15) is 0 Å². The van der Waals surface area contributed by atoms with Crippen LogP contribution >= 0.6 is 0 Å². The lowest BCUT2D eigenvalue weighted by Crippen LogP contribution is -2.45. The maximum Gasteiger partial charge on any atom is 0.305 e. The Balaban J connectivity index is 3.35. The second-order valence-corrected chi connectivity index (χ2v) is 28.1. The number of hydrogen-bond acceptors (Lipinski definition) is 5. The molecule has 0 saturated carbocycles. The molecule has 0 spiro atoms. The third-order valence-corrected chi connectivity index (χ3v) is 19.1. The highest BCUT2D eigenvalue weighted by Crippen LogP contribution is 2.20. The SMILES string of the molecule is CCCCCCCC/C=C\CCCCCCCCCC(=O)OCCCCCCCCCCCCCCCC/C=C\CCCCCCCCCCCCCCCCCCCC(=O)NC(CO)C(O)/C=C/CCCCCCCCCCCCCCCCCCCC. The van der Waals surface area contributed by atoms with E-state index in [1.807, 2.05) is 6.08 Å². The van der Waals surface area contributed by atoms with Gasteiger partial charge >= 0.3 is 5.97 Å². The van der Waals surface area contributed by atoms with Crippen LogP contribution in [0, 0.1) is 0 Å². The quantitative estimate of drug-likeness (QED) is 0.0320. The smallest absolute Gasteiger partial charge is 0.305 e. The Hall–Kier alpha value is -1.92. The summed E-state index contributed by atoms with van der Waals surface area (Å²) in [5, 5.41) is 23.3. The van der Waals surface area contributed by atoms with Crippen molar-refractivity contribution in [3.05, 3.63) is 36.5 Å². The number of hydrogen-bond donors (Lipinski definition) is 3. The minimum atomic E-state index is -0.843. The summed E-state index contributed by atoms with van der Waals surface area (Å²) < 4.78 is 5.51. The highest BCUT2D eigenvalue weighted by Gasteiger charge is 2.18. The topological polar surface area (TPSA) is 95.9 Å². The number of carbonyl (C=O) groups is 2. The van der Waals surface area contributed by atoms with Crippen LogP contribution in [-0.4, -0.2) is 47.4 Å². The van der Waals surface area contributed by atoms with E-state index in [1.165, 1.54) is 385 Å². The van der Waals surface area contributed by atoms with Gasteiger partial charge < -0.3 is 20.3 Å². The van der Waals surface area contributed by atoms with Gasteiger partial charge in [-0.2, -0.15) is 0 Å². The van der Waals surface area contributed by atoms with Crippen LogP contribution in [0.5, 0.6) is 0 Å². The van der Waals surface area contributed by atoms with Gasteiger partial charge in [0.05, 0.1) is 25.4 Å². The molecule has 1 amide bonds. The first-order valence-corrected chi connectivity index (χ1v) is 40.8.